The second kappa shape index (κ2) is 13.5. The molecule has 6 heteroatoms. The second-order valence-corrected chi connectivity index (χ2v) is 12.7. The van der Waals surface area contributed by atoms with Crippen LogP contribution in [0.15, 0.2) is 152 Å². The molecule has 0 spiro atoms. The van der Waals surface area contributed by atoms with Gasteiger partial charge in [0.25, 0.3) is 0 Å². The number of fused-ring (bicyclic) bond motifs is 2. The van der Waals surface area contributed by atoms with Gasteiger partial charge in [-0.1, -0.05) is 102 Å². The van der Waals surface area contributed by atoms with Crippen LogP contribution in [-0.4, -0.2) is 26.2 Å². The van der Waals surface area contributed by atoms with Gasteiger partial charge in [0.1, 0.15) is 11.6 Å². The van der Waals surface area contributed by atoms with Gasteiger partial charge in [-0.3, -0.25) is 4.98 Å². The molecule has 51 heavy (non-hydrogen) atoms. The second-order valence-electron chi connectivity index (χ2n) is 12.7. The molecular weight excluding hydrogens is 808 g/mol. The maximum Gasteiger partial charge on any atom is 0.143 e. The molecule has 9 rings (SSSR count). The van der Waals surface area contributed by atoms with Crippen LogP contribution in [0.5, 0.6) is 5.75 Å². The first-order valence-corrected chi connectivity index (χ1v) is 16.9. The van der Waals surface area contributed by atoms with Crippen LogP contribution < -0.4 is 4.90 Å². The summed E-state index contributed by atoms with van der Waals surface area (Å²) in [5.41, 5.74) is 14.8. The number of phenols is 1. The third kappa shape index (κ3) is 5.84. The molecule has 0 aliphatic carbocycles. The Morgan fingerprint density at radius 1 is 0.647 bits per heavy atom. The van der Waals surface area contributed by atoms with Crippen LogP contribution >= 0.6 is 0 Å². The Bertz CT molecular complexity index is 2520. The van der Waals surface area contributed by atoms with E-state index >= 15 is 0 Å². The summed E-state index contributed by atoms with van der Waals surface area (Å²) in [6.45, 7) is 0.940. The van der Waals surface area contributed by atoms with Gasteiger partial charge in [-0.05, 0) is 65.1 Å². The molecule has 0 bridgehead atoms. The van der Waals surface area contributed by atoms with Gasteiger partial charge < -0.3 is 14.6 Å². The van der Waals surface area contributed by atoms with Crippen molar-refractivity contribution >= 4 is 22.4 Å². The van der Waals surface area contributed by atoms with Gasteiger partial charge in [0, 0.05) is 57.8 Å². The number of pyridine rings is 1. The number of para-hydroxylation sites is 3. The maximum atomic E-state index is 10.6. The van der Waals surface area contributed by atoms with E-state index in [1.54, 1.807) is 6.07 Å². The normalized spacial score (nSPS) is 12.1. The fraction of sp³-hybridized carbons (Fsp3) is 0.0667. The van der Waals surface area contributed by atoms with Crippen molar-refractivity contribution < 1.29 is 26.2 Å². The number of aryl methyl sites for hydroxylation is 1. The van der Waals surface area contributed by atoms with Crippen molar-refractivity contribution in [1.29, 1.82) is 0 Å². The summed E-state index contributed by atoms with van der Waals surface area (Å²) in [5.74, 6) is 0.924. The van der Waals surface area contributed by atoms with Gasteiger partial charge in [-0.15, -0.1) is 29.8 Å². The molecular formula is C45H33N4OPt-. The monoisotopic (exact) mass is 840 g/mol. The summed E-state index contributed by atoms with van der Waals surface area (Å²) in [4.78, 5) is 12.3. The quantitative estimate of drug-likeness (QED) is 0.170. The van der Waals surface area contributed by atoms with Gasteiger partial charge in [0.2, 0.25) is 0 Å². The van der Waals surface area contributed by atoms with Crippen molar-refractivity contribution in [3.8, 4) is 61.8 Å². The van der Waals surface area contributed by atoms with Crippen LogP contribution in [0.4, 0.5) is 11.4 Å². The molecule has 0 unspecified atom stereocenters. The number of aromatic nitrogens is 3. The Morgan fingerprint density at radius 2 is 1.35 bits per heavy atom. The van der Waals surface area contributed by atoms with E-state index in [9.17, 15) is 5.11 Å². The minimum atomic E-state index is 0. The van der Waals surface area contributed by atoms with Crippen LogP contribution in [0.1, 0.15) is 5.56 Å². The first-order valence-electron chi connectivity index (χ1n) is 16.9. The van der Waals surface area contributed by atoms with E-state index in [4.69, 9.17) is 9.97 Å². The van der Waals surface area contributed by atoms with E-state index in [0.717, 1.165) is 51.9 Å². The van der Waals surface area contributed by atoms with Crippen molar-refractivity contribution in [2.45, 2.75) is 6.42 Å². The fourth-order valence-corrected chi connectivity index (χ4v) is 7.27. The van der Waals surface area contributed by atoms with Gasteiger partial charge in [0.15, 0.2) is 0 Å². The van der Waals surface area contributed by atoms with Crippen molar-refractivity contribution in [2.24, 2.45) is 7.05 Å². The van der Waals surface area contributed by atoms with Crippen LogP contribution in [-0.2, 0) is 34.5 Å². The zero-order valence-electron chi connectivity index (χ0n) is 27.9. The van der Waals surface area contributed by atoms with Crippen molar-refractivity contribution in [2.75, 3.05) is 11.4 Å². The summed E-state index contributed by atoms with van der Waals surface area (Å²) in [6, 6.07) is 53.7. The van der Waals surface area contributed by atoms with E-state index in [-0.39, 0.29) is 26.8 Å². The zero-order valence-corrected chi connectivity index (χ0v) is 30.2. The molecule has 3 heterocycles. The Morgan fingerprint density at radius 3 is 2.20 bits per heavy atom. The number of phenolic OH excluding ortho intramolecular Hbond substituents is 1. The molecule has 8 aromatic rings. The predicted octanol–water partition coefficient (Wildman–Crippen LogP) is 10.5. The minimum absolute atomic E-state index is 0. The Balaban J connectivity index is 0.00000374. The Labute approximate surface area is 311 Å². The number of rotatable bonds is 6. The molecule has 0 saturated carbocycles. The molecule has 0 saturated heterocycles. The first-order chi connectivity index (χ1) is 24.6. The third-order valence-corrected chi connectivity index (χ3v) is 9.77. The largest absolute Gasteiger partial charge is 0.507 e. The summed E-state index contributed by atoms with van der Waals surface area (Å²) in [7, 11) is 1.98. The van der Waals surface area contributed by atoms with Gasteiger partial charge in [-0.2, -0.15) is 0 Å². The predicted molar refractivity (Wildman–Crippen MR) is 203 cm³/mol. The number of hydrogen-bond donors (Lipinski definition) is 1. The number of benzene rings is 6. The maximum absolute atomic E-state index is 10.6. The van der Waals surface area contributed by atoms with Gasteiger partial charge in [-0.25, -0.2) is 4.98 Å². The minimum Gasteiger partial charge on any atom is -0.507 e. The van der Waals surface area contributed by atoms with E-state index in [1.165, 1.54) is 33.6 Å². The molecule has 250 valence electrons. The smallest absolute Gasteiger partial charge is 0.143 e. The topological polar surface area (TPSA) is 54.2 Å². The van der Waals surface area contributed by atoms with Crippen LogP contribution in [0.2, 0.25) is 0 Å². The summed E-state index contributed by atoms with van der Waals surface area (Å²) in [5, 5.41) is 10.6. The van der Waals surface area contributed by atoms with Crippen molar-refractivity contribution in [3.63, 3.8) is 0 Å². The SMILES string of the molecule is Cn1c(-c2ccccc2O)nc2c(-c3[c-]c(-c4cc(-c5cccc6c5N(c5ccc(-c7ccccc7)cc5)CC6)ccn4)ccc3)cccc21.[Pt]. The molecule has 0 amide bonds. The summed E-state index contributed by atoms with van der Waals surface area (Å²) >= 11 is 0. The summed E-state index contributed by atoms with van der Waals surface area (Å²) in [6.07, 6.45) is 2.90. The fourth-order valence-electron chi connectivity index (χ4n) is 7.27. The average Bonchev–Trinajstić information content (AvgIpc) is 3.77. The van der Waals surface area contributed by atoms with E-state index in [2.05, 4.69) is 126 Å². The number of nitrogens with zero attached hydrogens (tertiary/aromatic N) is 4. The zero-order chi connectivity index (χ0) is 33.6. The molecule has 0 fully saturated rings. The average molecular weight is 841 g/mol. The first kappa shape index (κ1) is 32.4. The molecule has 5 nitrogen and oxygen atoms in total. The molecule has 0 radical (unpaired) electrons. The third-order valence-electron chi connectivity index (χ3n) is 9.77. The molecule has 2 aromatic heterocycles. The van der Waals surface area contributed by atoms with Crippen LogP contribution in [0, 0.1) is 6.07 Å². The van der Waals surface area contributed by atoms with E-state index < -0.39 is 0 Å². The number of aromatic hydroxyl groups is 1. The number of imidazole rings is 1. The Hall–Kier alpha value is -5.77. The van der Waals surface area contributed by atoms with Gasteiger partial charge in [0.05, 0.1) is 22.3 Å². The Kier molecular flexibility index (Phi) is 8.59. The molecule has 0 atom stereocenters. The summed E-state index contributed by atoms with van der Waals surface area (Å²) < 4.78 is 2.03. The van der Waals surface area contributed by atoms with Crippen LogP contribution in [0.3, 0.4) is 0 Å². The van der Waals surface area contributed by atoms with E-state index in [0.29, 0.717) is 11.4 Å². The van der Waals surface area contributed by atoms with Gasteiger partial charge >= 0.3 is 0 Å². The number of anilines is 2. The van der Waals surface area contributed by atoms with Crippen molar-refractivity contribution in [1.82, 2.24) is 14.5 Å². The molecule has 1 aliphatic heterocycles. The van der Waals surface area contributed by atoms with Crippen LogP contribution in [0.25, 0.3) is 67.1 Å². The van der Waals surface area contributed by atoms with E-state index in [1.807, 2.05) is 42.1 Å². The number of hydrogen-bond acceptors (Lipinski definition) is 4. The van der Waals surface area contributed by atoms with Crippen molar-refractivity contribution in [3.05, 3.63) is 163 Å². The standard InChI is InChI=1S/C45H33N4O.Pt/c1-48-41-18-9-16-37(43(41)47-45(48)39-15-5-6-19-42(39)50)33-13-7-14-35(28-33)40-29-34(24-26-46-40)38-17-8-12-32-25-27-49(44(32)38)36-22-20-31(21-23-36)30-10-3-2-4-11-30;/h2-24,26,29,50H,25,27H2,1H3;/q-1;. The molecule has 1 aliphatic rings. The molecule has 6 aromatic carbocycles. The molecule has 1 N–H and O–H groups in total.